The van der Waals surface area contributed by atoms with Gasteiger partial charge in [-0.1, -0.05) is 6.07 Å². The lowest BCUT2D eigenvalue weighted by molar-refractivity contribution is 0.415. The average Bonchev–Trinajstić information content (AvgIpc) is 2.87. The van der Waals surface area contributed by atoms with Gasteiger partial charge in [0.2, 0.25) is 0 Å². The van der Waals surface area contributed by atoms with Gasteiger partial charge >= 0.3 is 0 Å². The molecule has 7 nitrogen and oxygen atoms in total. The molecule has 4 aromatic rings. The zero-order valence-corrected chi connectivity index (χ0v) is 19.7. The minimum absolute atomic E-state index is 0.0293. The Kier molecular flexibility index (Phi) is 5.21. The topological polar surface area (TPSA) is 74.4 Å². The maximum absolute atomic E-state index is 12.6. The number of methoxy groups -OCH3 is 1. The predicted octanol–water partition coefficient (Wildman–Crippen LogP) is 4.38. The lowest BCUT2D eigenvalue weighted by atomic mass is 9.97. The number of likely N-dealkylation sites (N-methyl/N-ethyl adjacent to an activating group) is 1. The fourth-order valence-electron chi connectivity index (χ4n) is 4.71. The fraction of sp³-hybridized carbons (Fsp3) is 0.222. The molecule has 1 aliphatic rings. The summed E-state index contributed by atoms with van der Waals surface area (Å²) in [5, 5.41) is 11.0. The van der Waals surface area contributed by atoms with Crippen LogP contribution in [0.25, 0.3) is 22.0 Å². The number of anilines is 3. The summed E-state index contributed by atoms with van der Waals surface area (Å²) >= 11 is 0. The largest absolute Gasteiger partial charge is 0.497 e. The highest BCUT2D eigenvalue weighted by Crippen LogP contribution is 2.44. The van der Waals surface area contributed by atoms with Crippen LogP contribution in [0.4, 0.5) is 17.1 Å². The Morgan fingerprint density at radius 2 is 1.88 bits per heavy atom. The molecule has 0 spiro atoms. The molecule has 0 amide bonds. The molecule has 0 N–H and O–H groups in total. The molecule has 0 fully saturated rings. The zero-order chi connectivity index (χ0) is 24.0. The summed E-state index contributed by atoms with van der Waals surface area (Å²) in [6, 6.07) is 16.1. The number of aryl methyl sites for hydroxylation is 2. The molecule has 0 bridgehead atoms. The fourth-order valence-corrected chi connectivity index (χ4v) is 4.71. The highest BCUT2D eigenvalue weighted by molar-refractivity contribution is 5.98. The minimum atomic E-state index is -0.0293. The summed E-state index contributed by atoms with van der Waals surface area (Å²) < 4.78 is 7.26. The Labute approximate surface area is 198 Å². The third-order valence-corrected chi connectivity index (χ3v) is 6.57. The van der Waals surface area contributed by atoms with E-state index in [-0.39, 0.29) is 5.56 Å². The molecule has 34 heavy (non-hydrogen) atoms. The maximum Gasteiger partial charge on any atom is 0.253 e. The molecule has 2 aromatic heterocycles. The first-order valence-corrected chi connectivity index (χ1v) is 11.1. The summed E-state index contributed by atoms with van der Waals surface area (Å²) in [4.78, 5) is 21.3. The number of hydrogen-bond donors (Lipinski definition) is 0. The molecule has 2 aromatic carbocycles. The van der Waals surface area contributed by atoms with E-state index >= 15 is 0 Å². The standard InChI is InChI=1S/C27H25N5O2/c1-17-10-22-23(31(3)27(17)33)12-20(34-4)13-24(22)32-9-8-30(2)25-14-21(18-6-5-7-29-16-18)19(15-28)11-26(25)32/h5-7,10-14,16H,8-9H2,1-4H3. The quantitative estimate of drug-likeness (QED) is 0.460. The van der Waals surface area contributed by atoms with E-state index in [1.807, 2.05) is 43.3 Å². The number of pyridine rings is 2. The van der Waals surface area contributed by atoms with Crippen LogP contribution in [0.5, 0.6) is 5.75 Å². The first-order valence-electron chi connectivity index (χ1n) is 11.1. The number of benzene rings is 2. The smallest absolute Gasteiger partial charge is 0.253 e. The van der Waals surface area contributed by atoms with Crippen molar-refractivity contribution in [2.45, 2.75) is 6.92 Å². The Morgan fingerprint density at radius 3 is 2.59 bits per heavy atom. The van der Waals surface area contributed by atoms with Crippen LogP contribution in [0, 0.1) is 18.3 Å². The number of rotatable bonds is 3. The molecular weight excluding hydrogens is 426 g/mol. The van der Waals surface area contributed by atoms with Gasteiger partial charge in [-0.3, -0.25) is 9.78 Å². The van der Waals surface area contributed by atoms with Crippen LogP contribution in [-0.4, -0.2) is 36.8 Å². The van der Waals surface area contributed by atoms with Crippen LogP contribution in [0.2, 0.25) is 0 Å². The monoisotopic (exact) mass is 451 g/mol. The summed E-state index contributed by atoms with van der Waals surface area (Å²) in [6.07, 6.45) is 3.51. The molecule has 0 radical (unpaired) electrons. The molecule has 0 saturated heterocycles. The highest BCUT2D eigenvalue weighted by Gasteiger charge is 2.26. The van der Waals surface area contributed by atoms with Crippen molar-refractivity contribution in [2.75, 3.05) is 37.0 Å². The van der Waals surface area contributed by atoms with E-state index in [1.165, 1.54) is 0 Å². The molecule has 0 unspecified atom stereocenters. The molecule has 1 aliphatic heterocycles. The van der Waals surface area contributed by atoms with Gasteiger partial charge < -0.3 is 19.1 Å². The predicted molar refractivity (Wildman–Crippen MR) is 135 cm³/mol. The molecule has 7 heteroatoms. The van der Waals surface area contributed by atoms with Crippen molar-refractivity contribution < 1.29 is 4.74 Å². The van der Waals surface area contributed by atoms with Crippen LogP contribution in [0.3, 0.4) is 0 Å². The van der Waals surface area contributed by atoms with Crippen molar-refractivity contribution in [3.8, 4) is 22.9 Å². The number of ether oxygens (including phenoxy) is 1. The van der Waals surface area contributed by atoms with Crippen LogP contribution in [-0.2, 0) is 7.05 Å². The third-order valence-electron chi connectivity index (χ3n) is 6.57. The number of nitrogens with zero attached hydrogens (tertiary/aromatic N) is 5. The van der Waals surface area contributed by atoms with Crippen LogP contribution < -0.4 is 20.1 Å². The zero-order valence-electron chi connectivity index (χ0n) is 19.7. The first kappa shape index (κ1) is 21.5. The molecular formula is C27H25N5O2. The molecule has 170 valence electrons. The Bertz CT molecular complexity index is 1520. The lowest BCUT2D eigenvalue weighted by Crippen LogP contribution is -2.37. The van der Waals surface area contributed by atoms with Gasteiger partial charge in [-0.25, -0.2) is 0 Å². The van der Waals surface area contributed by atoms with E-state index in [0.29, 0.717) is 16.9 Å². The van der Waals surface area contributed by atoms with Gasteiger partial charge in [-0.2, -0.15) is 5.26 Å². The Hall–Kier alpha value is -4.31. The molecule has 0 aliphatic carbocycles. The number of hydrogen-bond acceptors (Lipinski definition) is 6. The van der Waals surface area contributed by atoms with Crippen LogP contribution in [0.15, 0.2) is 59.7 Å². The first-order chi connectivity index (χ1) is 16.4. The van der Waals surface area contributed by atoms with Gasteiger partial charge in [0.1, 0.15) is 5.75 Å². The molecule has 0 saturated carbocycles. The third kappa shape index (κ3) is 3.35. The number of fused-ring (bicyclic) bond motifs is 2. The summed E-state index contributed by atoms with van der Waals surface area (Å²) in [5.41, 5.74) is 6.72. The van der Waals surface area contributed by atoms with Crippen molar-refractivity contribution in [2.24, 2.45) is 7.05 Å². The van der Waals surface area contributed by atoms with E-state index in [0.717, 1.165) is 52.2 Å². The summed E-state index contributed by atoms with van der Waals surface area (Å²) in [5.74, 6) is 0.675. The van der Waals surface area contributed by atoms with E-state index < -0.39 is 0 Å². The molecule has 5 rings (SSSR count). The van der Waals surface area contributed by atoms with Crippen molar-refractivity contribution in [3.05, 3.63) is 76.3 Å². The van der Waals surface area contributed by atoms with Crippen molar-refractivity contribution in [1.29, 1.82) is 5.26 Å². The summed E-state index contributed by atoms with van der Waals surface area (Å²) in [7, 11) is 5.47. The van der Waals surface area contributed by atoms with Gasteiger partial charge in [0.25, 0.3) is 5.56 Å². The minimum Gasteiger partial charge on any atom is -0.497 e. The number of nitriles is 1. The van der Waals surface area contributed by atoms with E-state index in [4.69, 9.17) is 4.74 Å². The number of aromatic nitrogens is 2. The second-order valence-electron chi connectivity index (χ2n) is 8.58. The van der Waals surface area contributed by atoms with Crippen LogP contribution >= 0.6 is 0 Å². The van der Waals surface area contributed by atoms with Crippen molar-refractivity contribution in [3.63, 3.8) is 0 Å². The highest BCUT2D eigenvalue weighted by atomic mass is 16.5. The molecule has 3 heterocycles. The normalized spacial score (nSPS) is 13.0. The van der Waals surface area contributed by atoms with E-state index in [2.05, 4.69) is 34.0 Å². The van der Waals surface area contributed by atoms with Gasteiger partial charge in [0, 0.05) is 73.8 Å². The van der Waals surface area contributed by atoms with Gasteiger partial charge in [-0.05, 0) is 31.2 Å². The maximum atomic E-state index is 12.6. The van der Waals surface area contributed by atoms with Gasteiger partial charge in [0.05, 0.1) is 41.3 Å². The Balaban J connectivity index is 1.78. The molecule has 0 atom stereocenters. The van der Waals surface area contributed by atoms with Crippen molar-refractivity contribution in [1.82, 2.24) is 9.55 Å². The lowest BCUT2D eigenvalue weighted by Gasteiger charge is -2.38. The SMILES string of the molecule is COc1cc(N2CCN(C)c3cc(-c4cccnc4)c(C#N)cc32)c2cc(C)c(=O)n(C)c2c1. The van der Waals surface area contributed by atoms with Crippen LogP contribution in [0.1, 0.15) is 11.1 Å². The van der Waals surface area contributed by atoms with Gasteiger partial charge in [-0.15, -0.1) is 0 Å². The summed E-state index contributed by atoms with van der Waals surface area (Å²) in [6.45, 7) is 3.36. The Morgan fingerprint density at radius 1 is 1.06 bits per heavy atom. The second-order valence-corrected chi connectivity index (χ2v) is 8.58. The average molecular weight is 452 g/mol. The van der Waals surface area contributed by atoms with E-state index in [1.54, 1.807) is 31.1 Å². The second kappa shape index (κ2) is 8.23. The van der Waals surface area contributed by atoms with E-state index in [9.17, 15) is 10.1 Å². The van der Waals surface area contributed by atoms with Gasteiger partial charge in [0.15, 0.2) is 0 Å². The van der Waals surface area contributed by atoms with Crippen molar-refractivity contribution >= 4 is 28.0 Å².